The molecule has 2 aromatic carbocycles. The predicted molar refractivity (Wildman–Crippen MR) is 150 cm³/mol. The number of aromatic nitrogens is 4. The van der Waals surface area contributed by atoms with Crippen LogP contribution in [0.1, 0.15) is 29.2 Å². The summed E-state index contributed by atoms with van der Waals surface area (Å²) in [4.78, 5) is 38.3. The van der Waals surface area contributed by atoms with E-state index in [1.54, 1.807) is 29.2 Å². The van der Waals surface area contributed by atoms with Crippen LogP contribution in [-0.2, 0) is 9.47 Å². The van der Waals surface area contributed by atoms with Crippen molar-refractivity contribution in [1.29, 1.82) is 0 Å². The number of hydrogen-bond acceptors (Lipinski definition) is 8. The van der Waals surface area contributed by atoms with E-state index in [0.717, 1.165) is 16.8 Å². The molecule has 4 aromatic rings. The van der Waals surface area contributed by atoms with Crippen LogP contribution < -0.4 is 10.2 Å². The molecule has 2 fully saturated rings. The van der Waals surface area contributed by atoms with Crippen molar-refractivity contribution in [2.24, 2.45) is 0 Å². The Balaban J connectivity index is 1.30. The third-order valence-electron chi connectivity index (χ3n) is 7.52. The molecule has 11 nitrogen and oxygen atoms in total. The molecule has 2 aromatic heterocycles. The first-order valence-corrected chi connectivity index (χ1v) is 13.6. The summed E-state index contributed by atoms with van der Waals surface area (Å²) < 4.78 is 26.4. The van der Waals surface area contributed by atoms with Crippen molar-refractivity contribution in [2.45, 2.75) is 18.9 Å². The van der Waals surface area contributed by atoms with Crippen molar-refractivity contribution < 1.29 is 23.5 Å². The van der Waals surface area contributed by atoms with Crippen molar-refractivity contribution in [3.63, 3.8) is 0 Å². The molecule has 2 saturated heterocycles. The number of amides is 2. The van der Waals surface area contributed by atoms with Crippen LogP contribution in [0.15, 0.2) is 54.7 Å². The Morgan fingerprint density at radius 2 is 1.73 bits per heavy atom. The monoisotopic (exact) mass is 559 g/mol. The van der Waals surface area contributed by atoms with E-state index >= 15 is 0 Å². The van der Waals surface area contributed by atoms with E-state index in [-0.39, 0.29) is 17.5 Å². The van der Waals surface area contributed by atoms with Gasteiger partial charge in [-0.1, -0.05) is 12.1 Å². The van der Waals surface area contributed by atoms with Crippen molar-refractivity contribution >= 4 is 34.5 Å². The first kappa shape index (κ1) is 26.6. The summed E-state index contributed by atoms with van der Waals surface area (Å²) in [6.45, 7) is 3.60. The molecular formula is C29H30FN7O4. The standard InChI is InChI=1S/C29H30FN7O4/c1-40-29(39)32-20-8-6-19(7-9-20)25-33-26(35-14-16-41-17-15-35)23-18-31-37(27(23)34-25)21-10-12-36(13-11-21)28(38)22-4-2-3-5-24(22)30/h2-9,18,21H,10-17H2,1H3,(H,32,39). The van der Waals surface area contributed by atoms with E-state index in [4.69, 9.17) is 19.8 Å². The quantitative estimate of drug-likeness (QED) is 0.388. The van der Waals surface area contributed by atoms with Crippen LogP contribution in [0.25, 0.3) is 22.4 Å². The van der Waals surface area contributed by atoms with Gasteiger partial charge in [-0.3, -0.25) is 10.1 Å². The molecule has 0 unspecified atom stereocenters. The Bertz CT molecular complexity index is 1560. The van der Waals surface area contributed by atoms with Crippen LogP contribution in [0, 0.1) is 5.82 Å². The van der Waals surface area contributed by atoms with Gasteiger partial charge in [-0.05, 0) is 49.2 Å². The maximum Gasteiger partial charge on any atom is 0.411 e. The summed E-state index contributed by atoms with van der Waals surface area (Å²) in [7, 11) is 1.31. The number of nitrogens with zero attached hydrogens (tertiary/aromatic N) is 6. The van der Waals surface area contributed by atoms with Gasteiger partial charge in [0.05, 0.1) is 43.5 Å². The highest BCUT2D eigenvalue weighted by atomic mass is 19.1. The Kier molecular flexibility index (Phi) is 7.47. The number of carbonyl (C=O) groups excluding carboxylic acids is 2. The number of hydrogen-bond donors (Lipinski definition) is 1. The van der Waals surface area contributed by atoms with E-state index in [0.29, 0.717) is 69.4 Å². The lowest BCUT2D eigenvalue weighted by Crippen LogP contribution is -2.39. The second-order valence-corrected chi connectivity index (χ2v) is 9.99. The Morgan fingerprint density at radius 1 is 1.00 bits per heavy atom. The minimum absolute atomic E-state index is 0.0177. The average molecular weight is 560 g/mol. The predicted octanol–water partition coefficient (Wildman–Crippen LogP) is 4.12. The topological polar surface area (TPSA) is 115 Å². The van der Waals surface area contributed by atoms with Crippen LogP contribution in [0.3, 0.4) is 0 Å². The molecule has 0 atom stereocenters. The lowest BCUT2D eigenvalue weighted by molar-refractivity contribution is 0.0686. The van der Waals surface area contributed by atoms with Gasteiger partial charge < -0.3 is 19.3 Å². The van der Waals surface area contributed by atoms with Gasteiger partial charge in [0.2, 0.25) is 0 Å². The smallest absolute Gasteiger partial charge is 0.411 e. The van der Waals surface area contributed by atoms with Crippen molar-refractivity contribution in [2.75, 3.05) is 56.7 Å². The molecule has 0 aliphatic carbocycles. The molecule has 2 amide bonds. The Hall–Kier alpha value is -4.58. The fourth-order valence-electron chi connectivity index (χ4n) is 5.31. The largest absolute Gasteiger partial charge is 0.453 e. The molecule has 1 N–H and O–H groups in total. The van der Waals surface area contributed by atoms with Crippen LogP contribution >= 0.6 is 0 Å². The fourth-order valence-corrected chi connectivity index (χ4v) is 5.31. The summed E-state index contributed by atoms with van der Waals surface area (Å²) >= 11 is 0. The molecule has 6 rings (SSSR count). The van der Waals surface area contributed by atoms with Crippen LogP contribution in [-0.4, -0.2) is 83.2 Å². The third-order valence-corrected chi connectivity index (χ3v) is 7.52. The maximum atomic E-state index is 14.2. The normalized spacial score (nSPS) is 16.1. The molecule has 0 radical (unpaired) electrons. The zero-order chi connectivity index (χ0) is 28.3. The minimum Gasteiger partial charge on any atom is -0.453 e. The van der Waals surface area contributed by atoms with Gasteiger partial charge in [0.1, 0.15) is 11.6 Å². The molecule has 0 bridgehead atoms. The van der Waals surface area contributed by atoms with E-state index in [9.17, 15) is 14.0 Å². The molecule has 212 valence electrons. The van der Waals surface area contributed by atoms with E-state index in [1.807, 2.05) is 23.0 Å². The number of likely N-dealkylation sites (tertiary alicyclic amines) is 1. The Labute approximate surface area is 235 Å². The molecule has 0 saturated carbocycles. The molecule has 4 heterocycles. The molecule has 12 heteroatoms. The highest BCUT2D eigenvalue weighted by Crippen LogP contribution is 2.32. The average Bonchev–Trinajstić information content (AvgIpc) is 3.45. The zero-order valence-corrected chi connectivity index (χ0v) is 22.6. The van der Waals surface area contributed by atoms with Gasteiger partial charge in [-0.25, -0.2) is 23.8 Å². The molecule has 0 spiro atoms. The van der Waals surface area contributed by atoms with Crippen LogP contribution in [0.5, 0.6) is 0 Å². The molecular weight excluding hydrogens is 529 g/mol. The third kappa shape index (κ3) is 5.42. The maximum absolute atomic E-state index is 14.2. The second-order valence-electron chi connectivity index (χ2n) is 9.99. The summed E-state index contributed by atoms with van der Waals surface area (Å²) in [5.41, 5.74) is 2.19. The van der Waals surface area contributed by atoms with Gasteiger partial charge in [-0.2, -0.15) is 5.10 Å². The first-order chi connectivity index (χ1) is 20.0. The van der Waals surface area contributed by atoms with Crippen LogP contribution in [0.2, 0.25) is 0 Å². The second kappa shape index (κ2) is 11.5. The number of benzene rings is 2. The van der Waals surface area contributed by atoms with Gasteiger partial charge in [-0.15, -0.1) is 0 Å². The zero-order valence-electron chi connectivity index (χ0n) is 22.6. The SMILES string of the molecule is COC(=O)Nc1ccc(-c2nc(N3CCOCC3)c3cnn(C4CCN(C(=O)c5ccccc5F)CC4)c3n2)cc1. The number of nitrogens with one attached hydrogen (secondary N) is 1. The van der Waals surface area contributed by atoms with Gasteiger partial charge in [0.15, 0.2) is 11.5 Å². The summed E-state index contributed by atoms with van der Waals surface area (Å²) in [6.07, 6.45) is 2.59. The minimum atomic E-state index is -0.546. The summed E-state index contributed by atoms with van der Waals surface area (Å²) in [5, 5.41) is 8.24. The fraction of sp³-hybridized carbons (Fsp3) is 0.345. The van der Waals surface area contributed by atoms with Gasteiger partial charge >= 0.3 is 6.09 Å². The van der Waals surface area contributed by atoms with Crippen LogP contribution in [0.4, 0.5) is 20.7 Å². The molecule has 41 heavy (non-hydrogen) atoms. The highest BCUT2D eigenvalue weighted by molar-refractivity contribution is 5.94. The lowest BCUT2D eigenvalue weighted by Gasteiger charge is -2.32. The van der Waals surface area contributed by atoms with Gasteiger partial charge in [0.25, 0.3) is 5.91 Å². The lowest BCUT2D eigenvalue weighted by atomic mass is 10.0. The van der Waals surface area contributed by atoms with Crippen molar-refractivity contribution in [3.8, 4) is 11.4 Å². The molecule has 2 aliphatic rings. The Morgan fingerprint density at radius 3 is 2.44 bits per heavy atom. The van der Waals surface area contributed by atoms with E-state index < -0.39 is 11.9 Å². The summed E-state index contributed by atoms with van der Waals surface area (Å²) in [5.74, 6) is 0.531. The van der Waals surface area contributed by atoms with Crippen molar-refractivity contribution in [3.05, 3.63) is 66.1 Å². The number of piperidine rings is 1. The number of methoxy groups -OCH3 is 1. The molecule has 2 aliphatic heterocycles. The first-order valence-electron chi connectivity index (χ1n) is 13.6. The highest BCUT2D eigenvalue weighted by Gasteiger charge is 2.29. The number of carbonyl (C=O) groups is 2. The number of fused-ring (bicyclic) bond motifs is 1. The number of halogens is 1. The number of ether oxygens (including phenoxy) is 2. The van der Waals surface area contributed by atoms with Crippen molar-refractivity contribution in [1.82, 2.24) is 24.6 Å². The number of anilines is 2. The van der Waals surface area contributed by atoms with E-state index in [1.165, 1.54) is 19.2 Å². The van der Waals surface area contributed by atoms with E-state index in [2.05, 4.69) is 15.0 Å². The number of rotatable bonds is 5. The van der Waals surface area contributed by atoms with Gasteiger partial charge in [0, 0.05) is 37.4 Å². The summed E-state index contributed by atoms with van der Waals surface area (Å²) in [6, 6.07) is 13.3. The number of morpholine rings is 1.